The van der Waals surface area contributed by atoms with Crippen molar-refractivity contribution in [3.05, 3.63) is 30.1 Å². The molecule has 0 bridgehead atoms. The predicted molar refractivity (Wildman–Crippen MR) is 87.7 cm³/mol. The molecule has 23 heavy (non-hydrogen) atoms. The minimum atomic E-state index is -0.282. The number of thioether (sulfide) groups is 1. The van der Waals surface area contributed by atoms with Crippen molar-refractivity contribution >= 4 is 23.6 Å². The van der Waals surface area contributed by atoms with E-state index >= 15 is 0 Å². The number of carbonyl (C=O) groups excluding carboxylic acids is 2. The number of halogens is 1. The van der Waals surface area contributed by atoms with Crippen LogP contribution in [0.5, 0.6) is 0 Å². The van der Waals surface area contributed by atoms with Crippen LogP contribution in [0.25, 0.3) is 0 Å². The van der Waals surface area contributed by atoms with Crippen LogP contribution in [0.3, 0.4) is 0 Å². The maximum Gasteiger partial charge on any atom is 0.307 e. The quantitative estimate of drug-likeness (QED) is 0.590. The average molecular weight is 339 g/mol. The number of benzene rings is 1. The normalized spacial score (nSPS) is 17.8. The summed E-state index contributed by atoms with van der Waals surface area (Å²) < 4.78 is 18.3. The first kappa shape index (κ1) is 17.8. The SMILES string of the molecule is COC(=O)C[C@@H]1CCCCN1C(=O)CCSc1ccccc1F. The van der Waals surface area contributed by atoms with Crippen LogP contribution in [0.2, 0.25) is 0 Å². The first-order valence-electron chi connectivity index (χ1n) is 7.85. The molecule has 6 heteroatoms. The number of methoxy groups -OCH3 is 1. The number of nitrogens with zero attached hydrogens (tertiary/aromatic N) is 1. The van der Waals surface area contributed by atoms with Crippen molar-refractivity contribution in [1.82, 2.24) is 4.90 Å². The Morgan fingerprint density at radius 3 is 2.87 bits per heavy atom. The van der Waals surface area contributed by atoms with Crippen LogP contribution < -0.4 is 0 Å². The van der Waals surface area contributed by atoms with E-state index in [1.54, 1.807) is 23.1 Å². The van der Waals surface area contributed by atoms with Gasteiger partial charge in [-0.15, -0.1) is 11.8 Å². The average Bonchev–Trinajstić information content (AvgIpc) is 2.57. The number of likely N-dealkylation sites (tertiary alicyclic amines) is 1. The Hall–Kier alpha value is -1.56. The second kappa shape index (κ2) is 8.91. The van der Waals surface area contributed by atoms with Gasteiger partial charge in [-0.1, -0.05) is 12.1 Å². The molecule has 0 aromatic heterocycles. The Morgan fingerprint density at radius 1 is 1.35 bits per heavy atom. The van der Waals surface area contributed by atoms with Gasteiger partial charge < -0.3 is 9.64 Å². The summed E-state index contributed by atoms with van der Waals surface area (Å²) in [4.78, 5) is 26.3. The van der Waals surface area contributed by atoms with Gasteiger partial charge in [-0.05, 0) is 31.4 Å². The smallest absolute Gasteiger partial charge is 0.307 e. The molecule has 0 saturated carbocycles. The summed E-state index contributed by atoms with van der Waals surface area (Å²) in [5.74, 6) is 0.0191. The van der Waals surface area contributed by atoms with Crippen LogP contribution >= 0.6 is 11.8 Å². The van der Waals surface area contributed by atoms with E-state index in [-0.39, 0.29) is 30.2 Å². The molecule has 0 radical (unpaired) electrons. The number of amides is 1. The molecule has 1 atom stereocenters. The van der Waals surface area contributed by atoms with E-state index in [1.165, 1.54) is 24.9 Å². The monoisotopic (exact) mass is 339 g/mol. The summed E-state index contributed by atoms with van der Waals surface area (Å²) >= 11 is 1.34. The highest BCUT2D eigenvalue weighted by molar-refractivity contribution is 7.99. The fourth-order valence-electron chi connectivity index (χ4n) is 2.77. The van der Waals surface area contributed by atoms with Crippen LogP contribution in [0.4, 0.5) is 4.39 Å². The van der Waals surface area contributed by atoms with Crippen LogP contribution in [-0.4, -0.2) is 42.2 Å². The van der Waals surface area contributed by atoms with Crippen molar-refractivity contribution in [2.45, 2.75) is 43.0 Å². The zero-order valence-electron chi connectivity index (χ0n) is 13.3. The molecule has 1 saturated heterocycles. The molecule has 2 rings (SSSR count). The lowest BCUT2D eigenvalue weighted by molar-refractivity contribution is -0.144. The van der Waals surface area contributed by atoms with Crippen LogP contribution in [0.1, 0.15) is 32.1 Å². The third-order valence-electron chi connectivity index (χ3n) is 3.99. The first-order chi connectivity index (χ1) is 11.1. The second-order valence-electron chi connectivity index (χ2n) is 5.55. The number of carbonyl (C=O) groups is 2. The van der Waals surface area contributed by atoms with Gasteiger partial charge in [0.25, 0.3) is 0 Å². The van der Waals surface area contributed by atoms with E-state index in [9.17, 15) is 14.0 Å². The highest BCUT2D eigenvalue weighted by Crippen LogP contribution is 2.24. The minimum Gasteiger partial charge on any atom is -0.469 e. The summed E-state index contributed by atoms with van der Waals surface area (Å²) in [6.07, 6.45) is 3.42. The second-order valence-corrected chi connectivity index (χ2v) is 6.68. The Bertz CT molecular complexity index is 552. The highest BCUT2D eigenvalue weighted by Gasteiger charge is 2.28. The van der Waals surface area contributed by atoms with Gasteiger partial charge in [0.05, 0.1) is 13.5 Å². The number of hydrogen-bond donors (Lipinski definition) is 0. The summed E-state index contributed by atoms with van der Waals surface area (Å²) in [5, 5.41) is 0. The van der Waals surface area contributed by atoms with E-state index in [1.807, 2.05) is 0 Å². The van der Waals surface area contributed by atoms with E-state index in [0.29, 0.717) is 23.6 Å². The maximum atomic E-state index is 13.5. The lowest BCUT2D eigenvalue weighted by Gasteiger charge is -2.35. The fourth-order valence-corrected chi connectivity index (χ4v) is 3.65. The third-order valence-corrected chi connectivity index (χ3v) is 5.04. The Morgan fingerprint density at radius 2 is 2.13 bits per heavy atom. The largest absolute Gasteiger partial charge is 0.469 e. The van der Waals surface area contributed by atoms with Gasteiger partial charge in [-0.2, -0.15) is 0 Å². The fraction of sp³-hybridized carbons (Fsp3) is 0.529. The lowest BCUT2D eigenvalue weighted by atomic mass is 9.99. The van der Waals surface area contributed by atoms with E-state index < -0.39 is 0 Å². The van der Waals surface area contributed by atoms with E-state index in [2.05, 4.69) is 0 Å². The standard InChI is InChI=1S/C17H22FNO3S/c1-22-17(21)12-13-6-4-5-10-19(13)16(20)9-11-23-15-8-3-2-7-14(15)18/h2-3,7-8,13H,4-6,9-12H2,1H3/t13-/m0/s1. The number of ether oxygens (including phenoxy) is 1. The topological polar surface area (TPSA) is 46.6 Å². The summed E-state index contributed by atoms with van der Waals surface area (Å²) in [6.45, 7) is 0.685. The molecular formula is C17H22FNO3S. The van der Waals surface area contributed by atoms with Crippen LogP contribution in [-0.2, 0) is 14.3 Å². The van der Waals surface area contributed by atoms with Crippen molar-refractivity contribution in [2.24, 2.45) is 0 Å². The summed E-state index contributed by atoms with van der Waals surface area (Å²) in [5.41, 5.74) is 0. The van der Waals surface area contributed by atoms with Crippen LogP contribution in [0.15, 0.2) is 29.2 Å². The Labute approximate surface area is 140 Å². The summed E-state index contributed by atoms with van der Waals surface area (Å²) in [6, 6.07) is 6.49. The van der Waals surface area contributed by atoms with Gasteiger partial charge in [0, 0.05) is 29.7 Å². The maximum absolute atomic E-state index is 13.5. The molecule has 1 fully saturated rings. The molecule has 1 aliphatic heterocycles. The Balaban J connectivity index is 1.85. The van der Waals surface area contributed by atoms with Gasteiger partial charge in [0.15, 0.2) is 0 Å². The molecule has 1 heterocycles. The highest BCUT2D eigenvalue weighted by atomic mass is 32.2. The minimum absolute atomic E-state index is 0.0300. The van der Waals surface area contributed by atoms with Crippen LogP contribution in [0, 0.1) is 5.82 Å². The molecule has 1 amide bonds. The van der Waals surface area contributed by atoms with Gasteiger partial charge in [0.2, 0.25) is 5.91 Å². The van der Waals surface area contributed by atoms with Gasteiger partial charge in [0.1, 0.15) is 5.82 Å². The molecule has 1 aromatic carbocycles. The number of hydrogen-bond acceptors (Lipinski definition) is 4. The van der Waals surface area contributed by atoms with E-state index in [0.717, 1.165) is 19.3 Å². The third kappa shape index (κ3) is 5.23. The predicted octanol–water partition coefficient (Wildman–Crippen LogP) is 3.25. The van der Waals surface area contributed by atoms with Gasteiger partial charge >= 0.3 is 5.97 Å². The molecule has 0 spiro atoms. The molecule has 4 nitrogen and oxygen atoms in total. The summed E-state index contributed by atoms with van der Waals surface area (Å²) in [7, 11) is 1.36. The lowest BCUT2D eigenvalue weighted by Crippen LogP contribution is -2.45. The molecule has 0 unspecified atom stereocenters. The number of piperidine rings is 1. The van der Waals surface area contributed by atoms with Crippen molar-refractivity contribution in [1.29, 1.82) is 0 Å². The van der Waals surface area contributed by atoms with Crippen molar-refractivity contribution in [3.8, 4) is 0 Å². The molecule has 126 valence electrons. The van der Waals surface area contributed by atoms with E-state index in [4.69, 9.17) is 4.74 Å². The van der Waals surface area contributed by atoms with Crippen molar-refractivity contribution in [2.75, 3.05) is 19.4 Å². The van der Waals surface area contributed by atoms with Gasteiger partial charge in [-0.25, -0.2) is 4.39 Å². The molecule has 0 N–H and O–H groups in total. The molecule has 1 aliphatic rings. The zero-order valence-corrected chi connectivity index (χ0v) is 14.1. The molecule has 0 aliphatic carbocycles. The van der Waals surface area contributed by atoms with Gasteiger partial charge in [-0.3, -0.25) is 9.59 Å². The number of rotatable bonds is 6. The zero-order chi connectivity index (χ0) is 16.7. The van der Waals surface area contributed by atoms with Crippen molar-refractivity contribution in [3.63, 3.8) is 0 Å². The molecule has 1 aromatic rings. The first-order valence-corrected chi connectivity index (χ1v) is 8.84. The Kier molecular flexibility index (Phi) is 6.89. The number of esters is 1. The van der Waals surface area contributed by atoms with Crippen molar-refractivity contribution < 1.29 is 18.7 Å². The molecular weight excluding hydrogens is 317 g/mol.